The Morgan fingerprint density at radius 2 is 2.12 bits per heavy atom. The molecule has 1 fully saturated rings. The molecule has 1 unspecified atom stereocenters. The number of aliphatic imine (C=N–C) groups is 1. The number of allylic oxidation sites excluding steroid dienone is 3. The average molecular weight is 344 g/mol. The van der Waals surface area contributed by atoms with Crippen LogP contribution in [-0.4, -0.2) is 28.5 Å². The zero-order valence-corrected chi connectivity index (χ0v) is 14.9. The zero-order valence-electron chi connectivity index (χ0n) is 14.1. The monoisotopic (exact) mass is 344 g/mol. The Balaban J connectivity index is 1.64. The van der Waals surface area contributed by atoms with Crippen LogP contribution in [0.2, 0.25) is 0 Å². The summed E-state index contributed by atoms with van der Waals surface area (Å²) in [5.74, 6) is 0.388. The van der Waals surface area contributed by atoms with Gasteiger partial charge in [0, 0.05) is 22.9 Å². The molecule has 1 N–H and O–H groups in total. The molecule has 24 heavy (non-hydrogen) atoms. The number of rotatable bonds is 5. The normalized spacial score (nSPS) is 25.3. The van der Waals surface area contributed by atoms with Crippen LogP contribution < -0.4 is 5.32 Å². The van der Waals surface area contributed by atoms with Gasteiger partial charge in [0.1, 0.15) is 0 Å². The molecule has 2 amide bonds. The third kappa shape index (κ3) is 4.26. The zero-order chi connectivity index (χ0) is 16.9. The summed E-state index contributed by atoms with van der Waals surface area (Å²) in [5, 5.41) is 3.51. The Kier molecular flexibility index (Phi) is 5.72. The number of hydrogen-bond donors (Lipinski definition) is 1. The first-order valence-corrected chi connectivity index (χ1v) is 9.85. The highest BCUT2D eigenvalue weighted by molar-refractivity contribution is 8.00. The minimum atomic E-state index is -0.0895. The number of amides is 2. The molecule has 0 radical (unpaired) electrons. The van der Waals surface area contributed by atoms with Gasteiger partial charge in [0.2, 0.25) is 5.91 Å². The van der Waals surface area contributed by atoms with Crippen LogP contribution in [0.3, 0.4) is 0 Å². The molecule has 4 nitrogen and oxygen atoms in total. The lowest BCUT2D eigenvalue weighted by Crippen LogP contribution is -2.33. The summed E-state index contributed by atoms with van der Waals surface area (Å²) in [6.07, 6.45) is 14.4. The lowest BCUT2D eigenvalue weighted by atomic mass is 9.85. The van der Waals surface area contributed by atoms with Crippen molar-refractivity contribution in [2.24, 2.45) is 10.9 Å². The molecule has 1 atom stereocenters. The van der Waals surface area contributed by atoms with Crippen molar-refractivity contribution in [1.82, 2.24) is 5.32 Å². The molecule has 0 spiro atoms. The van der Waals surface area contributed by atoms with E-state index in [9.17, 15) is 9.59 Å². The number of nitrogens with zero attached hydrogens (tertiary/aromatic N) is 1. The Morgan fingerprint density at radius 1 is 1.33 bits per heavy atom. The maximum atomic E-state index is 12.1. The Morgan fingerprint density at radius 3 is 2.88 bits per heavy atom. The third-order valence-electron chi connectivity index (χ3n) is 4.62. The summed E-state index contributed by atoms with van der Waals surface area (Å²) in [6.45, 7) is 2.11. The molecule has 1 aliphatic heterocycles. The summed E-state index contributed by atoms with van der Waals surface area (Å²) >= 11 is 1.73. The fourth-order valence-corrected chi connectivity index (χ4v) is 4.59. The molecule has 0 bridgehead atoms. The summed E-state index contributed by atoms with van der Waals surface area (Å²) < 4.78 is 0. The number of hydrogen-bond acceptors (Lipinski definition) is 3. The van der Waals surface area contributed by atoms with E-state index in [-0.39, 0.29) is 17.7 Å². The van der Waals surface area contributed by atoms with E-state index in [2.05, 4.69) is 17.2 Å². The molecule has 5 heteroatoms. The molecule has 1 saturated carbocycles. The van der Waals surface area contributed by atoms with Gasteiger partial charge in [-0.3, -0.25) is 9.59 Å². The molecule has 0 saturated heterocycles. The van der Waals surface area contributed by atoms with Crippen LogP contribution >= 0.6 is 11.8 Å². The number of carbonyl (C=O) groups excluding carboxylic acids is 2. The largest absolute Gasteiger partial charge is 0.325 e. The molecule has 3 rings (SSSR count). The molecular formula is C19H24N2O2S. The van der Waals surface area contributed by atoms with Gasteiger partial charge in [0.15, 0.2) is 0 Å². The number of thioether (sulfide) groups is 1. The van der Waals surface area contributed by atoms with E-state index >= 15 is 0 Å². The van der Waals surface area contributed by atoms with Crippen LogP contribution in [0.25, 0.3) is 0 Å². The highest BCUT2D eigenvalue weighted by Gasteiger charge is 2.26. The molecule has 0 aromatic rings. The van der Waals surface area contributed by atoms with Crippen molar-refractivity contribution >= 4 is 29.3 Å². The van der Waals surface area contributed by atoms with E-state index in [1.165, 1.54) is 25.7 Å². The van der Waals surface area contributed by atoms with Crippen molar-refractivity contribution in [1.29, 1.82) is 0 Å². The predicted molar refractivity (Wildman–Crippen MR) is 99.0 cm³/mol. The number of carbonyl (C=O) groups is 2. The first kappa shape index (κ1) is 17.2. The predicted octanol–water partition coefficient (Wildman–Crippen LogP) is 3.56. The van der Waals surface area contributed by atoms with E-state index < -0.39 is 0 Å². The topological polar surface area (TPSA) is 58.5 Å². The van der Waals surface area contributed by atoms with Gasteiger partial charge in [-0.2, -0.15) is 0 Å². The highest BCUT2D eigenvalue weighted by Crippen LogP contribution is 2.31. The smallest absolute Gasteiger partial charge is 0.256 e. The van der Waals surface area contributed by atoms with Crippen LogP contribution in [0.1, 0.15) is 45.4 Å². The number of nitrogens with one attached hydrogen (secondary N) is 1. The van der Waals surface area contributed by atoms with Crippen molar-refractivity contribution in [2.45, 2.75) is 50.7 Å². The van der Waals surface area contributed by atoms with E-state index in [0.717, 1.165) is 24.1 Å². The van der Waals surface area contributed by atoms with Crippen molar-refractivity contribution in [2.75, 3.05) is 5.75 Å². The van der Waals surface area contributed by atoms with Gasteiger partial charge in [0.05, 0.1) is 11.5 Å². The molecule has 1 heterocycles. The van der Waals surface area contributed by atoms with E-state index in [4.69, 9.17) is 0 Å². The SMILES string of the molecule is CCCC1=CC(=O)NC2=CC(=NC(=O)CSC3CCCC3)C=CC12. The summed E-state index contributed by atoms with van der Waals surface area (Å²) in [6, 6.07) is 0. The first-order valence-electron chi connectivity index (χ1n) is 8.80. The highest BCUT2D eigenvalue weighted by atomic mass is 32.2. The summed E-state index contributed by atoms with van der Waals surface area (Å²) in [5.41, 5.74) is 2.60. The molecular weight excluding hydrogens is 320 g/mol. The van der Waals surface area contributed by atoms with E-state index in [0.29, 0.717) is 16.7 Å². The average Bonchev–Trinajstić information content (AvgIpc) is 3.06. The van der Waals surface area contributed by atoms with Crippen molar-refractivity contribution in [3.05, 3.63) is 35.6 Å². The minimum Gasteiger partial charge on any atom is -0.325 e. The molecule has 0 aromatic heterocycles. The maximum absolute atomic E-state index is 12.1. The minimum absolute atomic E-state index is 0.0845. The van der Waals surface area contributed by atoms with Gasteiger partial charge in [-0.1, -0.05) is 37.8 Å². The Hall–Kier alpha value is -1.62. The van der Waals surface area contributed by atoms with Gasteiger partial charge < -0.3 is 5.32 Å². The first-order chi connectivity index (χ1) is 11.7. The molecule has 3 aliphatic rings. The fourth-order valence-electron chi connectivity index (χ4n) is 3.48. The molecule has 2 aliphatic carbocycles. The lowest BCUT2D eigenvalue weighted by Gasteiger charge is -2.27. The summed E-state index contributed by atoms with van der Waals surface area (Å²) in [7, 11) is 0. The van der Waals surface area contributed by atoms with Crippen LogP contribution in [0, 0.1) is 5.92 Å². The number of fused-ring (bicyclic) bond motifs is 1. The van der Waals surface area contributed by atoms with Gasteiger partial charge in [-0.25, -0.2) is 4.99 Å². The standard InChI is InChI=1S/C19H24N2O2S/c1-2-5-13-10-18(22)21-17-11-14(8-9-16(13)17)20-19(23)12-24-15-6-3-4-7-15/h8-11,15-16H,2-7,12H2,1H3,(H,21,22). The third-order valence-corrected chi connectivity index (χ3v) is 5.97. The second kappa shape index (κ2) is 7.97. The summed E-state index contributed by atoms with van der Waals surface area (Å²) in [4.78, 5) is 28.1. The Labute approximate surface area is 147 Å². The van der Waals surface area contributed by atoms with Crippen LogP contribution in [0.5, 0.6) is 0 Å². The quantitative estimate of drug-likeness (QED) is 0.830. The van der Waals surface area contributed by atoms with Crippen molar-refractivity contribution < 1.29 is 9.59 Å². The van der Waals surface area contributed by atoms with Gasteiger partial charge >= 0.3 is 0 Å². The van der Waals surface area contributed by atoms with Crippen LogP contribution in [-0.2, 0) is 9.59 Å². The van der Waals surface area contributed by atoms with E-state index in [1.807, 2.05) is 18.2 Å². The van der Waals surface area contributed by atoms with Gasteiger partial charge in [0.25, 0.3) is 5.91 Å². The van der Waals surface area contributed by atoms with Crippen LogP contribution in [0.15, 0.2) is 40.6 Å². The van der Waals surface area contributed by atoms with E-state index in [1.54, 1.807) is 17.8 Å². The molecule has 0 aromatic carbocycles. The maximum Gasteiger partial charge on any atom is 0.256 e. The van der Waals surface area contributed by atoms with Crippen molar-refractivity contribution in [3.63, 3.8) is 0 Å². The molecule has 128 valence electrons. The van der Waals surface area contributed by atoms with Crippen molar-refractivity contribution in [3.8, 4) is 0 Å². The second-order valence-electron chi connectivity index (χ2n) is 6.54. The fraction of sp³-hybridized carbons (Fsp3) is 0.526. The van der Waals surface area contributed by atoms with Gasteiger partial charge in [-0.15, -0.1) is 11.8 Å². The van der Waals surface area contributed by atoms with Gasteiger partial charge in [-0.05, 0) is 31.4 Å². The lowest BCUT2D eigenvalue weighted by molar-refractivity contribution is -0.116. The Bertz CT molecular complexity index is 640. The second-order valence-corrected chi connectivity index (χ2v) is 7.83. The van der Waals surface area contributed by atoms with Crippen LogP contribution in [0.4, 0.5) is 0 Å².